The topological polar surface area (TPSA) is 56.8 Å². The smallest absolute Gasteiger partial charge is 0.224 e. The molecule has 3 rings (SSSR count). The van der Waals surface area contributed by atoms with E-state index in [1.165, 1.54) is 0 Å². The zero-order chi connectivity index (χ0) is 17.5. The third-order valence-corrected chi connectivity index (χ3v) is 3.73. The number of fused-ring (bicyclic) bond motifs is 1. The van der Waals surface area contributed by atoms with Gasteiger partial charge in [-0.1, -0.05) is 24.8 Å². The minimum atomic E-state index is -0.0456. The van der Waals surface area contributed by atoms with Crippen molar-refractivity contribution in [1.29, 1.82) is 0 Å². The number of hydrogen-bond acceptors (Lipinski definition) is 4. The molecule has 2 aromatic carbocycles. The second kappa shape index (κ2) is 8.24. The standard InChI is InChI=1S/C20H21NO4/c1-2-10-23-17-5-3-4-16(14-17)21-20(22)9-7-15-6-8-18-19(13-15)25-12-11-24-18/h2-6,8,13-14H,1,7,9-12H2,(H,21,22). The molecule has 1 heterocycles. The highest BCUT2D eigenvalue weighted by atomic mass is 16.6. The predicted octanol–water partition coefficient (Wildman–Crippen LogP) is 3.59. The van der Waals surface area contributed by atoms with E-state index in [2.05, 4.69) is 11.9 Å². The number of hydrogen-bond donors (Lipinski definition) is 1. The van der Waals surface area contributed by atoms with E-state index in [-0.39, 0.29) is 5.91 Å². The quantitative estimate of drug-likeness (QED) is 0.783. The van der Waals surface area contributed by atoms with E-state index in [9.17, 15) is 4.79 Å². The molecule has 0 unspecified atom stereocenters. The Morgan fingerprint density at radius 3 is 2.84 bits per heavy atom. The van der Waals surface area contributed by atoms with Gasteiger partial charge in [-0.05, 0) is 36.2 Å². The molecule has 0 fully saturated rings. The molecule has 1 N–H and O–H groups in total. The Balaban J connectivity index is 1.53. The van der Waals surface area contributed by atoms with Crippen LogP contribution in [0.2, 0.25) is 0 Å². The lowest BCUT2D eigenvalue weighted by Crippen LogP contribution is -2.15. The number of rotatable bonds is 7. The first-order chi connectivity index (χ1) is 12.2. The van der Waals surface area contributed by atoms with E-state index >= 15 is 0 Å². The van der Waals surface area contributed by atoms with Gasteiger partial charge in [-0.15, -0.1) is 0 Å². The van der Waals surface area contributed by atoms with Gasteiger partial charge in [0, 0.05) is 18.2 Å². The lowest BCUT2D eigenvalue weighted by atomic mass is 10.1. The monoisotopic (exact) mass is 339 g/mol. The Hall–Kier alpha value is -2.95. The molecule has 0 bridgehead atoms. The number of amides is 1. The zero-order valence-corrected chi connectivity index (χ0v) is 14.0. The van der Waals surface area contributed by atoms with Crippen molar-refractivity contribution in [3.8, 4) is 17.2 Å². The van der Waals surface area contributed by atoms with Crippen LogP contribution >= 0.6 is 0 Å². The summed E-state index contributed by atoms with van der Waals surface area (Å²) < 4.78 is 16.5. The Bertz CT molecular complexity index is 757. The average Bonchev–Trinajstić information content (AvgIpc) is 2.65. The van der Waals surface area contributed by atoms with Gasteiger partial charge in [-0.25, -0.2) is 0 Å². The van der Waals surface area contributed by atoms with E-state index in [1.807, 2.05) is 36.4 Å². The third-order valence-electron chi connectivity index (χ3n) is 3.73. The largest absolute Gasteiger partial charge is 0.489 e. The number of aryl methyl sites for hydroxylation is 1. The highest BCUT2D eigenvalue weighted by Gasteiger charge is 2.12. The van der Waals surface area contributed by atoms with Gasteiger partial charge >= 0.3 is 0 Å². The summed E-state index contributed by atoms with van der Waals surface area (Å²) in [4.78, 5) is 12.2. The summed E-state index contributed by atoms with van der Waals surface area (Å²) in [6.45, 7) is 5.18. The van der Waals surface area contributed by atoms with E-state index in [0.717, 1.165) is 17.1 Å². The van der Waals surface area contributed by atoms with E-state index in [0.29, 0.717) is 44.1 Å². The van der Waals surface area contributed by atoms with Crippen molar-refractivity contribution < 1.29 is 19.0 Å². The maximum Gasteiger partial charge on any atom is 0.224 e. The summed E-state index contributed by atoms with van der Waals surface area (Å²) in [5.41, 5.74) is 1.76. The predicted molar refractivity (Wildman–Crippen MR) is 96.5 cm³/mol. The number of nitrogens with one attached hydrogen (secondary N) is 1. The van der Waals surface area contributed by atoms with E-state index < -0.39 is 0 Å². The van der Waals surface area contributed by atoms with Crippen LogP contribution in [0.3, 0.4) is 0 Å². The maximum absolute atomic E-state index is 12.2. The second-order valence-electron chi connectivity index (χ2n) is 5.65. The van der Waals surface area contributed by atoms with Gasteiger partial charge in [0.25, 0.3) is 0 Å². The summed E-state index contributed by atoms with van der Waals surface area (Å²) in [6, 6.07) is 13.1. The van der Waals surface area contributed by atoms with Gasteiger partial charge in [0.15, 0.2) is 11.5 Å². The first-order valence-electron chi connectivity index (χ1n) is 8.27. The molecule has 5 heteroatoms. The molecule has 1 aliphatic rings. The minimum absolute atomic E-state index is 0.0456. The maximum atomic E-state index is 12.2. The molecular formula is C20H21NO4. The van der Waals surface area contributed by atoms with Crippen LogP contribution in [-0.2, 0) is 11.2 Å². The Kier molecular flexibility index (Phi) is 5.57. The minimum Gasteiger partial charge on any atom is -0.489 e. The van der Waals surface area contributed by atoms with Crippen LogP contribution in [-0.4, -0.2) is 25.7 Å². The van der Waals surface area contributed by atoms with Crippen molar-refractivity contribution >= 4 is 11.6 Å². The van der Waals surface area contributed by atoms with Crippen LogP contribution < -0.4 is 19.5 Å². The van der Waals surface area contributed by atoms with Gasteiger partial charge < -0.3 is 19.5 Å². The molecule has 2 aromatic rings. The zero-order valence-electron chi connectivity index (χ0n) is 14.0. The lowest BCUT2D eigenvalue weighted by molar-refractivity contribution is -0.116. The summed E-state index contributed by atoms with van der Waals surface area (Å²) in [5.74, 6) is 2.16. The van der Waals surface area contributed by atoms with Gasteiger partial charge in [0.05, 0.1) is 0 Å². The van der Waals surface area contributed by atoms with Gasteiger partial charge in [-0.3, -0.25) is 4.79 Å². The summed E-state index contributed by atoms with van der Waals surface area (Å²) >= 11 is 0. The van der Waals surface area contributed by atoms with Crippen LogP contribution in [0.15, 0.2) is 55.1 Å². The number of carbonyl (C=O) groups is 1. The van der Waals surface area contributed by atoms with Crippen molar-refractivity contribution in [3.63, 3.8) is 0 Å². The first kappa shape index (κ1) is 16.9. The fourth-order valence-electron chi connectivity index (χ4n) is 2.54. The third kappa shape index (κ3) is 4.76. The summed E-state index contributed by atoms with van der Waals surface area (Å²) in [6.07, 6.45) is 2.70. The van der Waals surface area contributed by atoms with Crippen molar-refractivity contribution in [2.45, 2.75) is 12.8 Å². The van der Waals surface area contributed by atoms with Crippen molar-refractivity contribution in [2.75, 3.05) is 25.1 Å². The molecule has 25 heavy (non-hydrogen) atoms. The fraction of sp³-hybridized carbons (Fsp3) is 0.250. The Labute approximate surface area is 147 Å². The number of carbonyl (C=O) groups excluding carboxylic acids is 1. The lowest BCUT2D eigenvalue weighted by Gasteiger charge is -2.18. The number of benzene rings is 2. The first-order valence-corrected chi connectivity index (χ1v) is 8.27. The molecule has 0 aliphatic carbocycles. The molecule has 5 nitrogen and oxygen atoms in total. The van der Waals surface area contributed by atoms with Crippen LogP contribution in [0.1, 0.15) is 12.0 Å². The molecule has 0 saturated carbocycles. The van der Waals surface area contributed by atoms with Crippen molar-refractivity contribution in [3.05, 3.63) is 60.7 Å². The molecule has 1 amide bonds. The molecule has 0 spiro atoms. The molecule has 0 atom stereocenters. The molecule has 0 saturated heterocycles. The number of ether oxygens (including phenoxy) is 3. The average molecular weight is 339 g/mol. The summed E-state index contributed by atoms with van der Waals surface area (Å²) in [7, 11) is 0. The van der Waals surface area contributed by atoms with Crippen molar-refractivity contribution in [2.24, 2.45) is 0 Å². The second-order valence-corrected chi connectivity index (χ2v) is 5.65. The fourth-order valence-corrected chi connectivity index (χ4v) is 2.54. The summed E-state index contributed by atoms with van der Waals surface area (Å²) in [5, 5.41) is 2.89. The van der Waals surface area contributed by atoms with Crippen molar-refractivity contribution in [1.82, 2.24) is 0 Å². The van der Waals surface area contributed by atoms with Crippen LogP contribution in [0.5, 0.6) is 17.2 Å². The molecule has 0 aromatic heterocycles. The van der Waals surface area contributed by atoms with Gasteiger partial charge in [0.1, 0.15) is 25.6 Å². The highest BCUT2D eigenvalue weighted by Crippen LogP contribution is 2.31. The van der Waals surface area contributed by atoms with Crippen LogP contribution in [0, 0.1) is 0 Å². The molecule has 130 valence electrons. The van der Waals surface area contributed by atoms with E-state index in [4.69, 9.17) is 14.2 Å². The Morgan fingerprint density at radius 1 is 1.16 bits per heavy atom. The molecular weight excluding hydrogens is 318 g/mol. The Morgan fingerprint density at radius 2 is 2.00 bits per heavy atom. The normalized spacial score (nSPS) is 12.3. The van der Waals surface area contributed by atoms with E-state index in [1.54, 1.807) is 12.1 Å². The SMILES string of the molecule is C=CCOc1cccc(NC(=O)CCc2ccc3c(c2)OCCO3)c1. The molecule has 1 aliphatic heterocycles. The van der Waals surface area contributed by atoms with Crippen LogP contribution in [0.25, 0.3) is 0 Å². The highest BCUT2D eigenvalue weighted by molar-refractivity contribution is 5.91. The van der Waals surface area contributed by atoms with Crippen LogP contribution in [0.4, 0.5) is 5.69 Å². The molecule has 0 radical (unpaired) electrons. The van der Waals surface area contributed by atoms with Gasteiger partial charge in [-0.2, -0.15) is 0 Å². The van der Waals surface area contributed by atoms with Gasteiger partial charge in [0.2, 0.25) is 5.91 Å². The number of anilines is 1.